The minimum atomic E-state index is -4.39. The molecule has 0 fully saturated rings. The first-order valence-corrected chi connectivity index (χ1v) is 4.95. The predicted octanol–water partition coefficient (Wildman–Crippen LogP) is 3.15. The number of rotatable bonds is 2. The van der Waals surface area contributed by atoms with Crippen molar-refractivity contribution < 1.29 is 13.2 Å². The van der Waals surface area contributed by atoms with Gasteiger partial charge in [-0.25, -0.2) is 0 Å². The van der Waals surface area contributed by atoms with Gasteiger partial charge in [0.1, 0.15) is 0 Å². The fourth-order valence-electron chi connectivity index (χ4n) is 1.22. The van der Waals surface area contributed by atoms with Crippen LogP contribution >= 0.6 is 15.9 Å². The van der Waals surface area contributed by atoms with E-state index >= 15 is 0 Å². The smallest absolute Gasteiger partial charge is 0.271 e. The fourth-order valence-corrected chi connectivity index (χ4v) is 1.98. The molecular weight excluding hydrogens is 261 g/mol. The Morgan fingerprint density at radius 1 is 1.43 bits per heavy atom. The molecule has 14 heavy (non-hydrogen) atoms. The van der Waals surface area contributed by atoms with Crippen molar-refractivity contribution in [3.63, 3.8) is 0 Å². The molecule has 0 aromatic carbocycles. The molecule has 6 heteroatoms. The van der Waals surface area contributed by atoms with E-state index in [1.54, 1.807) is 0 Å². The van der Waals surface area contributed by atoms with E-state index in [0.717, 1.165) is 6.42 Å². The summed E-state index contributed by atoms with van der Waals surface area (Å²) in [5, 5.41) is 3.44. The first-order chi connectivity index (χ1) is 6.38. The zero-order valence-corrected chi connectivity index (χ0v) is 9.41. The van der Waals surface area contributed by atoms with Gasteiger partial charge < -0.3 is 0 Å². The molecular formula is C8H10BrF3N2. The third-order valence-electron chi connectivity index (χ3n) is 1.86. The van der Waals surface area contributed by atoms with Crippen molar-refractivity contribution in [3.8, 4) is 0 Å². The van der Waals surface area contributed by atoms with Gasteiger partial charge in [-0.05, 0) is 22.4 Å². The standard InChI is InChI=1S/C8H10BrF3N2/c1-3-4-5-6(9)7(8(10,11)12)13-14(5)2/h3-4H2,1-2H3. The lowest BCUT2D eigenvalue weighted by atomic mass is 10.2. The molecule has 0 aliphatic carbocycles. The van der Waals surface area contributed by atoms with Crippen LogP contribution in [0.25, 0.3) is 0 Å². The summed E-state index contributed by atoms with van der Waals surface area (Å²) < 4.78 is 38.5. The molecule has 0 atom stereocenters. The van der Waals surface area contributed by atoms with Crippen molar-refractivity contribution in [2.75, 3.05) is 0 Å². The van der Waals surface area contributed by atoms with Gasteiger partial charge in [-0.2, -0.15) is 18.3 Å². The van der Waals surface area contributed by atoms with Gasteiger partial charge in [-0.15, -0.1) is 0 Å². The highest BCUT2D eigenvalue weighted by atomic mass is 79.9. The van der Waals surface area contributed by atoms with E-state index < -0.39 is 11.9 Å². The zero-order valence-electron chi connectivity index (χ0n) is 7.82. The van der Waals surface area contributed by atoms with Crippen LogP contribution in [0.15, 0.2) is 4.47 Å². The number of hydrogen-bond acceptors (Lipinski definition) is 1. The molecule has 0 aliphatic rings. The van der Waals surface area contributed by atoms with Gasteiger partial charge in [-0.3, -0.25) is 4.68 Å². The maximum Gasteiger partial charge on any atom is 0.436 e. The zero-order chi connectivity index (χ0) is 10.9. The minimum Gasteiger partial charge on any atom is -0.271 e. The lowest BCUT2D eigenvalue weighted by molar-refractivity contribution is -0.142. The minimum absolute atomic E-state index is 0.0642. The molecule has 0 N–H and O–H groups in total. The third-order valence-corrected chi connectivity index (χ3v) is 2.69. The van der Waals surface area contributed by atoms with E-state index in [2.05, 4.69) is 21.0 Å². The van der Waals surface area contributed by atoms with Crippen LogP contribution in [-0.4, -0.2) is 9.78 Å². The van der Waals surface area contributed by atoms with E-state index in [4.69, 9.17) is 0 Å². The molecule has 1 aromatic heterocycles. The maximum absolute atomic E-state index is 12.4. The Bertz CT molecular complexity index is 330. The Morgan fingerprint density at radius 3 is 2.36 bits per heavy atom. The molecule has 1 heterocycles. The SMILES string of the molecule is CCCc1c(Br)c(C(F)(F)F)nn1C. The van der Waals surface area contributed by atoms with Crippen molar-refractivity contribution in [2.45, 2.75) is 25.9 Å². The summed E-state index contributed by atoms with van der Waals surface area (Å²) in [7, 11) is 1.52. The predicted molar refractivity (Wildman–Crippen MR) is 49.9 cm³/mol. The van der Waals surface area contributed by atoms with E-state index in [-0.39, 0.29) is 4.47 Å². The number of hydrogen-bond donors (Lipinski definition) is 0. The van der Waals surface area contributed by atoms with Crippen molar-refractivity contribution in [3.05, 3.63) is 15.9 Å². The van der Waals surface area contributed by atoms with Crippen LogP contribution in [0.4, 0.5) is 13.2 Å². The van der Waals surface area contributed by atoms with E-state index in [1.807, 2.05) is 6.92 Å². The summed E-state index contributed by atoms with van der Waals surface area (Å²) in [6.07, 6.45) is -3.02. The Hall–Kier alpha value is -0.520. The summed E-state index contributed by atoms with van der Waals surface area (Å²) in [4.78, 5) is 0. The third kappa shape index (κ3) is 2.10. The highest BCUT2D eigenvalue weighted by molar-refractivity contribution is 9.10. The van der Waals surface area contributed by atoms with Gasteiger partial charge in [-0.1, -0.05) is 13.3 Å². The van der Waals surface area contributed by atoms with E-state index in [0.29, 0.717) is 12.1 Å². The molecule has 1 rings (SSSR count). The van der Waals surface area contributed by atoms with Crippen LogP contribution in [0.2, 0.25) is 0 Å². The van der Waals surface area contributed by atoms with Gasteiger partial charge in [0.05, 0.1) is 10.2 Å². The molecule has 1 aromatic rings. The first-order valence-electron chi connectivity index (χ1n) is 4.16. The highest BCUT2D eigenvalue weighted by Crippen LogP contribution is 2.35. The summed E-state index contributed by atoms with van der Waals surface area (Å²) >= 11 is 2.94. The lowest BCUT2D eigenvalue weighted by Gasteiger charge is -2.01. The number of halogens is 4. The fraction of sp³-hybridized carbons (Fsp3) is 0.625. The average molecular weight is 271 g/mol. The van der Waals surface area contributed by atoms with Crippen LogP contribution in [0.3, 0.4) is 0 Å². The monoisotopic (exact) mass is 270 g/mol. The van der Waals surface area contributed by atoms with Crippen LogP contribution in [0.1, 0.15) is 24.7 Å². The van der Waals surface area contributed by atoms with Crippen molar-refractivity contribution >= 4 is 15.9 Å². The molecule has 0 aliphatic heterocycles. The number of nitrogens with zero attached hydrogens (tertiary/aromatic N) is 2. The first kappa shape index (κ1) is 11.6. The second-order valence-electron chi connectivity index (χ2n) is 2.98. The van der Waals surface area contributed by atoms with E-state index in [9.17, 15) is 13.2 Å². The summed E-state index contributed by atoms with van der Waals surface area (Å²) in [6.45, 7) is 1.91. The largest absolute Gasteiger partial charge is 0.436 e. The van der Waals surface area contributed by atoms with Crippen LogP contribution in [0.5, 0.6) is 0 Å². The molecule has 2 nitrogen and oxygen atoms in total. The normalized spacial score (nSPS) is 12.1. The van der Waals surface area contributed by atoms with Crippen LogP contribution in [-0.2, 0) is 19.6 Å². The number of aromatic nitrogens is 2. The van der Waals surface area contributed by atoms with Gasteiger partial charge >= 0.3 is 6.18 Å². The lowest BCUT2D eigenvalue weighted by Crippen LogP contribution is -2.07. The molecule has 0 saturated carbocycles. The summed E-state index contributed by atoms with van der Waals surface area (Å²) in [5.74, 6) is 0. The molecule has 0 saturated heterocycles. The molecule has 0 unspecified atom stereocenters. The van der Waals surface area contributed by atoms with Gasteiger partial charge in [0.2, 0.25) is 0 Å². The molecule has 0 amide bonds. The Morgan fingerprint density at radius 2 is 2.00 bits per heavy atom. The van der Waals surface area contributed by atoms with Crippen molar-refractivity contribution in [1.29, 1.82) is 0 Å². The van der Waals surface area contributed by atoms with E-state index in [1.165, 1.54) is 11.7 Å². The topological polar surface area (TPSA) is 17.8 Å². The second-order valence-corrected chi connectivity index (χ2v) is 3.77. The second kappa shape index (κ2) is 3.92. The molecule has 0 spiro atoms. The van der Waals surface area contributed by atoms with Gasteiger partial charge in [0.15, 0.2) is 5.69 Å². The van der Waals surface area contributed by atoms with Crippen LogP contribution in [0, 0.1) is 0 Å². The quantitative estimate of drug-likeness (QED) is 0.807. The van der Waals surface area contributed by atoms with Gasteiger partial charge in [0.25, 0.3) is 0 Å². The summed E-state index contributed by atoms with van der Waals surface area (Å²) in [6, 6.07) is 0. The van der Waals surface area contributed by atoms with Crippen molar-refractivity contribution in [2.24, 2.45) is 7.05 Å². The van der Waals surface area contributed by atoms with Crippen molar-refractivity contribution in [1.82, 2.24) is 9.78 Å². The Kier molecular flexibility index (Phi) is 3.24. The van der Waals surface area contributed by atoms with Crippen LogP contribution < -0.4 is 0 Å². The Balaban J connectivity index is 3.17. The molecule has 80 valence electrons. The molecule has 0 radical (unpaired) electrons. The maximum atomic E-state index is 12.4. The van der Waals surface area contributed by atoms with Gasteiger partial charge in [0, 0.05) is 7.05 Å². The highest BCUT2D eigenvalue weighted by Gasteiger charge is 2.37. The Labute approximate surface area is 88.2 Å². The number of aryl methyl sites for hydroxylation is 1. The number of alkyl halides is 3. The summed E-state index contributed by atoms with van der Waals surface area (Å²) in [5.41, 5.74) is -0.261. The average Bonchev–Trinajstić information content (AvgIpc) is 2.31. The molecule has 0 bridgehead atoms.